The Bertz CT molecular complexity index is 437. The van der Waals surface area contributed by atoms with E-state index in [1.54, 1.807) is 0 Å². The molecule has 4 unspecified atom stereocenters. The van der Waals surface area contributed by atoms with Crippen LogP contribution in [0.25, 0.3) is 0 Å². The molecule has 0 spiro atoms. The minimum atomic E-state index is 0.536. The van der Waals surface area contributed by atoms with Gasteiger partial charge in [-0.15, -0.1) is 0 Å². The third-order valence-corrected chi connectivity index (χ3v) is 5.42. The van der Waals surface area contributed by atoms with Crippen molar-refractivity contribution < 1.29 is 0 Å². The molecule has 20 heavy (non-hydrogen) atoms. The average Bonchev–Trinajstić information content (AvgIpc) is 2.43. The molecule has 1 heteroatoms. The van der Waals surface area contributed by atoms with Crippen LogP contribution in [0.15, 0.2) is 18.2 Å². The Morgan fingerprint density at radius 2 is 1.85 bits per heavy atom. The van der Waals surface area contributed by atoms with E-state index in [0.717, 1.165) is 24.3 Å². The molecule has 0 amide bonds. The summed E-state index contributed by atoms with van der Waals surface area (Å²) in [5.41, 5.74) is 4.30. The topological polar surface area (TPSA) is 12.0 Å². The fraction of sp³-hybridized carbons (Fsp3) is 0.684. The number of hydrogen-bond acceptors (Lipinski definition) is 1. The van der Waals surface area contributed by atoms with Crippen molar-refractivity contribution >= 4 is 0 Å². The molecule has 1 aromatic carbocycles. The second kappa shape index (κ2) is 6.76. The van der Waals surface area contributed by atoms with Gasteiger partial charge in [-0.2, -0.15) is 0 Å². The van der Waals surface area contributed by atoms with Gasteiger partial charge in [-0.1, -0.05) is 45.4 Å². The average molecular weight is 273 g/mol. The standard InChI is InChI=1S/C19H31N/c1-6-20-19(17-9-7-13(2)15(4)11-17)18-10-8-14(3)16(5)12-18/h7,9,11,14,16,18-20H,6,8,10,12H2,1-5H3. The molecule has 0 bridgehead atoms. The number of nitrogens with one attached hydrogen (secondary N) is 1. The van der Waals surface area contributed by atoms with Crippen LogP contribution in [0.3, 0.4) is 0 Å². The zero-order chi connectivity index (χ0) is 14.7. The van der Waals surface area contributed by atoms with Crippen LogP contribution < -0.4 is 5.32 Å². The van der Waals surface area contributed by atoms with Crippen molar-refractivity contribution in [1.82, 2.24) is 5.32 Å². The third kappa shape index (κ3) is 3.44. The molecule has 2 rings (SSSR count). The van der Waals surface area contributed by atoms with Crippen LogP contribution >= 0.6 is 0 Å². The Labute approximate surface area is 125 Å². The summed E-state index contributed by atoms with van der Waals surface area (Å²) in [6.45, 7) is 12.6. The highest BCUT2D eigenvalue weighted by Gasteiger charge is 2.30. The lowest BCUT2D eigenvalue weighted by atomic mass is 9.72. The summed E-state index contributed by atoms with van der Waals surface area (Å²) in [6, 6.07) is 7.54. The van der Waals surface area contributed by atoms with Crippen molar-refractivity contribution in [2.45, 2.75) is 59.9 Å². The third-order valence-electron chi connectivity index (χ3n) is 5.42. The van der Waals surface area contributed by atoms with E-state index >= 15 is 0 Å². The maximum atomic E-state index is 3.75. The van der Waals surface area contributed by atoms with Crippen molar-refractivity contribution in [3.8, 4) is 0 Å². The highest BCUT2D eigenvalue weighted by atomic mass is 14.9. The molecule has 112 valence electrons. The summed E-state index contributed by atoms with van der Waals surface area (Å²) in [6.07, 6.45) is 4.13. The molecule has 1 aromatic rings. The smallest absolute Gasteiger partial charge is 0.0348 e. The molecular weight excluding hydrogens is 242 g/mol. The van der Waals surface area contributed by atoms with Gasteiger partial charge in [-0.3, -0.25) is 0 Å². The van der Waals surface area contributed by atoms with Gasteiger partial charge in [-0.25, -0.2) is 0 Å². The van der Waals surface area contributed by atoms with Gasteiger partial charge in [0.05, 0.1) is 0 Å². The van der Waals surface area contributed by atoms with E-state index in [2.05, 4.69) is 58.1 Å². The monoisotopic (exact) mass is 273 g/mol. The summed E-state index contributed by atoms with van der Waals surface area (Å²) in [5, 5.41) is 3.75. The lowest BCUT2D eigenvalue weighted by Crippen LogP contribution is -2.33. The van der Waals surface area contributed by atoms with Crippen LogP contribution in [-0.2, 0) is 0 Å². The van der Waals surface area contributed by atoms with Crippen molar-refractivity contribution in [3.63, 3.8) is 0 Å². The minimum absolute atomic E-state index is 0.536. The van der Waals surface area contributed by atoms with Gasteiger partial charge in [0, 0.05) is 6.04 Å². The van der Waals surface area contributed by atoms with Crippen molar-refractivity contribution in [3.05, 3.63) is 34.9 Å². The minimum Gasteiger partial charge on any atom is -0.310 e. The van der Waals surface area contributed by atoms with Crippen LogP contribution in [-0.4, -0.2) is 6.54 Å². The first kappa shape index (κ1) is 15.6. The molecule has 0 radical (unpaired) electrons. The number of aryl methyl sites for hydroxylation is 2. The Kier molecular flexibility index (Phi) is 5.26. The summed E-state index contributed by atoms with van der Waals surface area (Å²) in [4.78, 5) is 0. The molecule has 1 nitrogen and oxygen atoms in total. The van der Waals surface area contributed by atoms with Gasteiger partial charge in [-0.05, 0) is 67.7 Å². The lowest BCUT2D eigenvalue weighted by molar-refractivity contribution is 0.172. The zero-order valence-corrected chi connectivity index (χ0v) is 13.9. The second-order valence-corrected chi connectivity index (χ2v) is 6.91. The summed E-state index contributed by atoms with van der Waals surface area (Å²) >= 11 is 0. The van der Waals surface area contributed by atoms with Gasteiger partial charge in [0.15, 0.2) is 0 Å². The molecule has 0 aromatic heterocycles. The molecule has 0 saturated heterocycles. The van der Waals surface area contributed by atoms with E-state index in [-0.39, 0.29) is 0 Å². The van der Waals surface area contributed by atoms with E-state index in [1.165, 1.54) is 36.0 Å². The van der Waals surface area contributed by atoms with Gasteiger partial charge in [0.1, 0.15) is 0 Å². The Balaban J connectivity index is 2.19. The highest BCUT2D eigenvalue weighted by molar-refractivity contribution is 5.32. The van der Waals surface area contributed by atoms with Gasteiger partial charge in [0.25, 0.3) is 0 Å². The lowest BCUT2D eigenvalue weighted by Gasteiger charge is -2.37. The van der Waals surface area contributed by atoms with E-state index in [4.69, 9.17) is 0 Å². The summed E-state index contributed by atoms with van der Waals surface area (Å²) in [5.74, 6) is 2.55. The summed E-state index contributed by atoms with van der Waals surface area (Å²) in [7, 11) is 0. The van der Waals surface area contributed by atoms with E-state index in [9.17, 15) is 0 Å². The first-order valence-corrected chi connectivity index (χ1v) is 8.33. The van der Waals surface area contributed by atoms with Crippen LogP contribution in [0, 0.1) is 31.6 Å². The highest BCUT2D eigenvalue weighted by Crippen LogP contribution is 2.40. The molecule has 0 aliphatic heterocycles. The van der Waals surface area contributed by atoms with Crippen LogP contribution in [0.4, 0.5) is 0 Å². The molecule has 4 atom stereocenters. The Morgan fingerprint density at radius 3 is 2.45 bits per heavy atom. The first-order valence-electron chi connectivity index (χ1n) is 8.33. The fourth-order valence-corrected chi connectivity index (χ4v) is 3.63. The van der Waals surface area contributed by atoms with E-state index in [1.807, 2.05) is 0 Å². The number of hydrogen-bond donors (Lipinski definition) is 1. The van der Waals surface area contributed by atoms with Gasteiger partial charge < -0.3 is 5.32 Å². The predicted octanol–water partition coefficient (Wildman–Crippen LogP) is 5.03. The van der Waals surface area contributed by atoms with Crippen molar-refractivity contribution in [2.24, 2.45) is 17.8 Å². The Hall–Kier alpha value is -0.820. The molecule has 1 aliphatic rings. The molecule has 0 heterocycles. The van der Waals surface area contributed by atoms with Crippen LogP contribution in [0.2, 0.25) is 0 Å². The maximum absolute atomic E-state index is 3.75. The normalized spacial score (nSPS) is 28.4. The Morgan fingerprint density at radius 1 is 1.10 bits per heavy atom. The SMILES string of the molecule is CCNC(c1ccc(C)c(C)c1)C1CCC(C)C(C)C1. The van der Waals surface area contributed by atoms with Gasteiger partial charge >= 0.3 is 0 Å². The zero-order valence-electron chi connectivity index (χ0n) is 13.9. The van der Waals surface area contributed by atoms with Crippen molar-refractivity contribution in [1.29, 1.82) is 0 Å². The van der Waals surface area contributed by atoms with Gasteiger partial charge in [0.2, 0.25) is 0 Å². The van der Waals surface area contributed by atoms with E-state index in [0.29, 0.717) is 6.04 Å². The quantitative estimate of drug-likeness (QED) is 0.811. The second-order valence-electron chi connectivity index (χ2n) is 6.91. The molecule has 1 N–H and O–H groups in total. The van der Waals surface area contributed by atoms with Crippen LogP contribution in [0.5, 0.6) is 0 Å². The number of benzene rings is 1. The van der Waals surface area contributed by atoms with Crippen LogP contribution in [0.1, 0.15) is 62.8 Å². The largest absolute Gasteiger partial charge is 0.310 e. The molecule has 1 saturated carbocycles. The van der Waals surface area contributed by atoms with Crippen molar-refractivity contribution in [2.75, 3.05) is 6.54 Å². The predicted molar refractivity (Wildman–Crippen MR) is 88.0 cm³/mol. The summed E-state index contributed by atoms with van der Waals surface area (Å²) < 4.78 is 0. The maximum Gasteiger partial charge on any atom is 0.0348 e. The molecule has 1 fully saturated rings. The van der Waals surface area contributed by atoms with E-state index < -0.39 is 0 Å². The fourth-order valence-electron chi connectivity index (χ4n) is 3.63. The first-order chi connectivity index (χ1) is 9.52. The molecule has 1 aliphatic carbocycles. The molecular formula is C19H31N. The number of rotatable bonds is 4.